The Morgan fingerprint density at radius 2 is 1.67 bits per heavy atom. The number of imide groups is 1. The zero-order valence-electron chi connectivity index (χ0n) is 14.5. The summed E-state index contributed by atoms with van der Waals surface area (Å²) in [4.78, 5) is 53.3. The molecular weight excluding hydrogens is 463 g/mol. The lowest BCUT2D eigenvalue weighted by Crippen LogP contribution is -2.58. The van der Waals surface area contributed by atoms with Crippen LogP contribution >= 0.6 is 22.6 Å². The molecular formula is C19H19IN2O5. The highest BCUT2D eigenvalue weighted by Crippen LogP contribution is 2.36. The van der Waals surface area contributed by atoms with E-state index in [1.807, 2.05) is 0 Å². The number of nitrogens with zero attached hydrogens (tertiary/aromatic N) is 2. The standard InChI is InChI=1S/C19H19IN2O5/c20-10-8-11-4-3-7-14(19(26)27)21(11)18(25)15(9-10)22-16(23)12-5-1-2-6-13(12)17(22)24/h1-2,5-6,10-11,14-15H,3-4,7-9H2,(H,26,27)/t10?,11-,14+,15+/m1/s1. The first-order chi connectivity index (χ1) is 12.9. The molecule has 0 aliphatic carbocycles. The van der Waals surface area contributed by atoms with Gasteiger partial charge < -0.3 is 10.0 Å². The lowest BCUT2D eigenvalue weighted by Gasteiger charge is -2.41. The quantitative estimate of drug-likeness (QED) is 0.396. The molecule has 0 radical (unpaired) electrons. The molecule has 1 N–H and O–H groups in total. The van der Waals surface area contributed by atoms with E-state index in [1.54, 1.807) is 24.3 Å². The number of alkyl halides is 1. The van der Waals surface area contributed by atoms with Gasteiger partial charge in [0.1, 0.15) is 12.1 Å². The Morgan fingerprint density at radius 1 is 1.04 bits per heavy atom. The molecule has 3 aliphatic rings. The molecule has 0 aromatic heterocycles. The third-order valence-corrected chi connectivity index (χ3v) is 6.73. The lowest BCUT2D eigenvalue weighted by molar-refractivity contribution is -0.156. The molecule has 2 fully saturated rings. The number of fused-ring (bicyclic) bond motifs is 2. The molecule has 0 saturated carbocycles. The maximum atomic E-state index is 13.4. The van der Waals surface area contributed by atoms with Crippen LogP contribution in [0.2, 0.25) is 0 Å². The predicted molar refractivity (Wildman–Crippen MR) is 104 cm³/mol. The van der Waals surface area contributed by atoms with Gasteiger partial charge in [-0.15, -0.1) is 0 Å². The second-order valence-corrected chi connectivity index (χ2v) is 9.06. The van der Waals surface area contributed by atoms with Gasteiger partial charge in [0, 0.05) is 9.97 Å². The maximum absolute atomic E-state index is 13.4. The second kappa shape index (κ2) is 6.88. The Hall–Kier alpha value is -1.97. The third-order valence-electron chi connectivity index (χ3n) is 5.71. The van der Waals surface area contributed by atoms with E-state index in [0.29, 0.717) is 30.4 Å². The van der Waals surface area contributed by atoms with Crippen molar-refractivity contribution < 1.29 is 24.3 Å². The minimum Gasteiger partial charge on any atom is -0.480 e. The number of hydrogen-bond donors (Lipinski definition) is 1. The first-order valence-electron chi connectivity index (χ1n) is 9.06. The molecule has 1 aromatic carbocycles. The number of carbonyl (C=O) groups excluding carboxylic acids is 3. The van der Waals surface area contributed by atoms with Crippen LogP contribution in [0, 0.1) is 0 Å². The number of rotatable bonds is 2. The van der Waals surface area contributed by atoms with Crippen molar-refractivity contribution in [1.82, 2.24) is 9.80 Å². The highest BCUT2D eigenvalue weighted by Gasteiger charge is 2.50. The number of carboxylic acid groups (broad SMARTS) is 1. The molecule has 2 saturated heterocycles. The summed E-state index contributed by atoms with van der Waals surface area (Å²) in [6.07, 6.45) is 2.94. The van der Waals surface area contributed by atoms with Gasteiger partial charge in [-0.25, -0.2) is 4.79 Å². The summed E-state index contributed by atoms with van der Waals surface area (Å²) in [6, 6.07) is 4.54. The van der Waals surface area contributed by atoms with E-state index in [9.17, 15) is 24.3 Å². The van der Waals surface area contributed by atoms with Crippen LogP contribution in [0.4, 0.5) is 0 Å². The van der Waals surface area contributed by atoms with Crippen molar-refractivity contribution in [2.45, 2.75) is 54.2 Å². The van der Waals surface area contributed by atoms with Crippen LogP contribution in [-0.4, -0.2) is 60.6 Å². The summed E-state index contributed by atoms with van der Waals surface area (Å²) in [6.45, 7) is 0. The second-order valence-electron chi connectivity index (χ2n) is 7.29. The lowest BCUT2D eigenvalue weighted by atomic mass is 9.93. The number of piperidine rings is 1. The van der Waals surface area contributed by atoms with E-state index in [-0.39, 0.29) is 9.97 Å². The zero-order valence-corrected chi connectivity index (χ0v) is 16.7. The highest BCUT2D eigenvalue weighted by molar-refractivity contribution is 14.1. The molecule has 142 valence electrons. The average molecular weight is 482 g/mol. The summed E-state index contributed by atoms with van der Waals surface area (Å²) < 4.78 is 0.0726. The van der Waals surface area contributed by atoms with Gasteiger partial charge in [0.2, 0.25) is 5.91 Å². The maximum Gasteiger partial charge on any atom is 0.326 e. The molecule has 0 bridgehead atoms. The number of amides is 3. The molecule has 1 unspecified atom stereocenters. The monoisotopic (exact) mass is 482 g/mol. The Bertz CT molecular complexity index is 806. The van der Waals surface area contributed by atoms with E-state index < -0.39 is 35.8 Å². The first-order valence-corrected chi connectivity index (χ1v) is 10.3. The molecule has 8 heteroatoms. The molecule has 7 nitrogen and oxygen atoms in total. The Kier molecular flexibility index (Phi) is 4.69. The fourth-order valence-electron chi connectivity index (χ4n) is 4.50. The van der Waals surface area contributed by atoms with Gasteiger partial charge >= 0.3 is 5.97 Å². The molecule has 27 heavy (non-hydrogen) atoms. The van der Waals surface area contributed by atoms with Crippen LogP contribution in [0.15, 0.2) is 24.3 Å². The zero-order chi connectivity index (χ0) is 19.3. The topological polar surface area (TPSA) is 95.0 Å². The van der Waals surface area contributed by atoms with Crippen molar-refractivity contribution in [1.29, 1.82) is 0 Å². The largest absolute Gasteiger partial charge is 0.480 e. The molecule has 4 atom stereocenters. The minimum atomic E-state index is -1.03. The van der Waals surface area contributed by atoms with E-state index in [2.05, 4.69) is 22.6 Å². The number of hydrogen-bond acceptors (Lipinski definition) is 4. The van der Waals surface area contributed by atoms with Gasteiger partial charge in [0.05, 0.1) is 11.1 Å². The smallest absolute Gasteiger partial charge is 0.326 e. The van der Waals surface area contributed by atoms with Crippen LogP contribution in [0.25, 0.3) is 0 Å². The molecule has 1 aromatic rings. The van der Waals surface area contributed by atoms with E-state index in [0.717, 1.165) is 17.7 Å². The van der Waals surface area contributed by atoms with Crippen LogP contribution in [0.5, 0.6) is 0 Å². The van der Waals surface area contributed by atoms with Gasteiger partial charge in [-0.3, -0.25) is 19.3 Å². The molecule has 4 rings (SSSR count). The number of aliphatic carboxylic acids is 1. The predicted octanol–water partition coefficient (Wildman–Crippen LogP) is 2.08. The van der Waals surface area contributed by atoms with Crippen molar-refractivity contribution in [2.24, 2.45) is 0 Å². The molecule has 3 heterocycles. The SMILES string of the molecule is O=C(O)[C@@H]1CCC[C@@H]2CC(I)C[C@H](N3C(=O)c4ccccc4C3=O)C(=O)N21. The van der Waals surface area contributed by atoms with Gasteiger partial charge in [0.25, 0.3) is 11.8 Å². The number of carbonyl (C=O) groups is 4. The summed E-state index contributed by atoms with van der Waals surface area (Å²) >= 11 is 2.25. The number of carboxylic acids is 1. The third kappa shape index (κ3) is 2.94. The molecule has 3 amide bonds. The van der Waals surface area contributed by atoms with Crippen molar-refractivity contribution >= 4 is 46.3 Å². The van der Waals surface area contributed by atoms with Gasteiger partial charge in [-0.05, 0) is 44.2 Å². The highest BCUT2D eigenvalue weighted by atomic mass is 127. The van der Waals surface area contributed by atoms with Crippen LogP contribution in [0.3, 0.4) is 0 Å². The van der Waals surface area contributed by atoms with Crippen molar-refractivity contribution in [3.63, 3.8) is 0 Å². The van der Waals surface area contributed by atoms with Crippen molar-refractivity contribution in [3.8, 4) is 0 Å². The van der Waals surface area contributed by atoms with E-state index >= 15 is 0 Å². The fourth-order valence-corrected chi connectivity index (χ4v) is 5.57. The normalized spacial score (nSPS) is 30.8. The summed E-state index contributed by atoms with van der Waals surface area (Å²) in [5.41, 5.74) is 0.601. The first kappa shape index (κ1) is 18.4. The number of halogens is 1. The van der Waals surface area contributed by atoms with Gasteiger partial charge in [-0.1, -0.05) is 34.7 Å². The Balaban J connectivity index is 1.73. The molecule has 3 aliphatic heterocycles. The van der Waals surface area contributed by atoms with E-state index in [1.165, 1.54) is 4.90 Å². The Morgan fingerprint density at radius 3 is 2.26 bits per heavy atom. The van der Waals surface area contributed by atoms with Crippen LogP contribution < -0.4 is 0 Å². The summed E-state index contributed by atoms with van der Waals surface area (Å²) in [5, 5.41) is 9.61. The average Bonchev–Trinajstić information content (AvgIpc) is 2.82. The minimum absolute atomic E-state index is 0.0726. The van der Waals surface area contributed by atoms with Gasteiger partial charge in [0.15, 0.2) is 0 Å². The molecule has 0 spiro atoms. The summed E-state index contributed by atoms with van der Waals surface area (Å²) in [5.74, 6) is -2.39. The fraction of sp³-hybridized carbons (Fsp3) is 0.474. The summed E-state index contributed by atoms with van der Waals surface area (Å²) in [7, 11) is 0. The Labute approximate surface area is 169 Å². The van der Waals surface area contributed by atoms with Gasteiger partial charge in [-0.2, -0.15) is 0 Å². The van der Waals surface area contributed by atoms with Crippen LogP contribution in [0.1, 0.15) is 52.8 Å². The number of benzene rings is 1. The van der Waals surface area contributed by atoms with Crippen LogP contribution in [-0.2, 0) is 9.59 Å². The van der Waals surface area contributed by atoms with Crippen molar-refractivity contribution in [3.05, 3.63) is 35.4 Å². The van der Waals surface area contributed by atoms with E-state index in [4.69, 9.17) is 0 Å². The van der Waals surface area contributed by atoms with Crippen molar-refractivity contribution in [2.75, 3.05) is 0 Å².